The van der Waals surface area contributed by atoms with Crippen LogP contribution in [0.5, 0.6) is 0 Å². The molecule has 2 aromatic heterocycles. The number of aryl methyl sites for hydroxylation is 4. The lowest BCUT2D eigenvalue weighted by atomic mass is 9.92. The minimum Gasteiger partial charge on any atom is -0.341 e. The van der Waals surface area contributed by atoms with Crippen molar-refractivity contribution in [2.45, 2.75) is 57.5 Å². The van der Waals surface area contributed by atoms with Crippen LogP contribution in [-0.2, 0) is 38.5 Å². The highest BCUT2D eigenvalue weighted by atomic mass is 32.2. The van der Waals surface area contributed by atoms with Gasteiger partial charge in [0.25, 0.3) is 6.43 Å². The van der Waals surface area contributed by atoms with Crippen LogP contribution in [0.15, 0.2) is 41.5 Å². The summed E-state index contributed by atoms with van der Waals surface area (Å²) in [5.41, 5.74) is 6.05. The van der Waals surface area contributed by atoms with Crippen LogP contribution in [-0.4, -0.2) is 36.0 Å². The molecule has 2 aromatic carbocycles. The van der Waals surface area contributed by atoms with Gasteiger partial charge in [-0.1, -0.05) is 0 Å². The van der Waals surface area contributed by atoms with Gasteiger partial charge in [-0.15, -0.1) is 0 Å². The lowest BCUT2D eigenvalue weighted by Gasteiger charge is -2.33. The standard InChI is InChI=1S/C31H36F2N5OS/c1-19(2)40(20(3)4)12-10-22-13-24(15-28-29(22)37(7)31(39)36(28)6)38-11-8-9-21-14-25(23-17-34-35(5)18-23)26(30(32)33)16-27(21)38/h13-20,30H,8-9,11H2,1-7H3/q+1. The average Bonchev–Trinajstić information content (AvgIpc) is 3.44. The van der Waals surface area contributed by atoms with E-state index in [0.29, 0.717) is 28.2 Å². The molecule has 4 aromatic rings. The molecular formula is C31H36F2N5OS+. The molecule has 210 valence electrons. The summed E-state index contributed by atoms with van der Waals surface area (Å²) in [5.74, 6) is 3.43. The molecule has 0 saturated heterocycles. The maximum atomic E-state index is 14.4. The quantitative estimate of drug-likeness (QED) is 0.219. The second-order valence-corrected chi connectivity index (χ2v) is 13.8. The van der Waals surface area contributed by atoms with E-state index < -0.39 is 6.43 Å². The third kappa shape index (κ3) is 4.94. The molecule has 3 heterocycles. The lowest BCUT2D eigenvalue weighted by Crippen LogP contribution is -2.25. The number of hydrogen-bond acceptors (Lipinski definition) is 3. The molecular weight excluding hydrogens is 528 g/mol. The summed E-state index contributed by atoms with van der Waals surface area (Å²) in [6.45, 7) is 9.43. The number of anilines is 2. The van der Waals surface area contributed by atoms with E-state index >= 15 is 0 Å². The van der Waals surface area contributed by atoms with Gasteiger partial charge in [-0.25, -0.2) is 13.6 Å². The van der Waals surface area contributed by atoms with Crippen LogP contribution in [0.3, 0.4) is 0 Å². The Hall–Kier alpha value is -3.51. The summed E-state index contributed by atoms with van der Waals surface area (Å²) >= 11 is 0. The number of hydrogen-bond donors (Lipinski definition) is 0. The normalized spacial score (nSPS) is 13.6. The van der Waals surface area contributed by atoms with Gasteiger partial charge in [-0.2, -0.15) is 5.10 Å². The van der Waals surface area contributed by atoms with E-state index in [-0.39, 0.29) is 22.1 Å². The Morgan fingerprint density at radius 1 is 1.00 bits per heavy atom. The molecule has 0 spiro atoms. The minimum atomic E-state index is -2.63. The molecule has 0 fully saturated rings. The average molecular weight is 565 g/mol. The van der Waals surface area contributed by atoms with E-state index in [4.69, 9.17) is 0 Å². The zero-order valence-electron chi connectivity index (χ0n) is 24.1. The molecule has 0 amide bonds. The lowest BCUT2D eigenvalue weighted by molar-refractivity contribution is 0.152. The van der Waals surface area contributed by atoms with E-state index in [1.165, 1.54) is 0 Å². The third-order valence-corrected chi connectivity index (χ3v) is 9.97. The first-order chi connectivity index (χ1) is 19.0. The fourth-order valence-corrected chi connectivity index (χ4v) is 7.48. The first-order valence-electron chi connectivity index (χ1n) is 13.6. The van der Waals surface area contributed by atoms with Crippen molar-refractivity contribution in [3.8, 4) is 22.3 Å². The fourth-order valence-electron chi connectivity index (χ4n) is 5.69. The van der Waals surface area contributed by atoms with Crippen LogP contribution in [0, 0.1) is 11.2 Å². The van der Waals surface area contributed by atoms with Gasteiger partial charge >= 0.3 is 5.69 Å². The summed E-state index contributed by atoms with van der Waals surface area (Å²) in [6, 6.07) is 7.53. The summed E-state index contributed by atoms with van der Waals surface area (Å²) in [5, 5.41) is 8.54. The number of imidazole rings is 1. The highest BCUT2D eigenvalue weighted by molar-refractivity contribution is 8.02. The molecule has 0 bridgehead atoms. The van der Waals surface area contributed by atoms with Gasteiger partial charge in [-0.05, 0) is 81.8 Å². The molecule has 40 heavy (non-hydrogen) atoms. The Labute approximate surface area is 236 Å². The highest BCUT2D eigenvalue weighted by Gasteiger charge is 2.28. The molecule has 0 N–H and O–H groups in total. The van der Waals surface area contributed by atoms with E-state index in [1.807, 2.05) is 18.2 Å². The van der Waals surface area contributed by atoms with Gasteiger partial charge in [0, 0.05) is 56.4 Å². The van der Waals surface area contributed by atoms with Crippen LogP contribution < -0.4 is 10.6 Å². The first kappa shape index (κ1) is 28.0. The summed E-state index contributed by atoms with van der Waals surface area (Å²) in [6.07, 6.45) is 2.45. The minimum absolute atomic E-state index is 0.00948. The highest BCUT2D eigenvalue weighted by Crippen LogP contribution is 2.42. The smallest absolute Gasteiger partial charge is 0.328 e. The first-order valence-corrected chi connectivity index (χ1v) is 15.0. The summed E-state index contributed by atoms with van der Waals surface area (Å²) in [7, 11) is 5.20. The largest absolute Gasteiger partial charge is 0.341 e. The zero-order chi connectivity index (χ0) is 28.9. The van der Waals surface area contributed by atoms with Gasteiger partial charge in [-0.3, -0.25) is 13.8 Å². The van der Waals surface area contributed by atoms with Crippen molar-refractivity contribution in [1.29, 1.82) is 0 Å². The molecule has 0 radical (unpaired) electrons. The predicted molar refractivity (Wildman–Crippen MR) is 162 cm³/mol. The van der Waals surface area contributed by atoms with Gasteiger partial charge in [0.2, 0.25) is 0 Å². The molecule has 0 atom stereocenters. The molecule has 6 nitrogen and oxygen atoms in total. The Bertz CT molecular complexity index is 1690. The molecule has 0 saturated carbocycles. The third-order valence-electron chi connectivity index (χ3n) is 7.60. The van der Waals surface area contributed by atoms with Crippen LogP contribution >= 0.6 is 0 Å². The zero-order valence-corrected chi connectivity index (χ0v) is 24.9. The Morgan fingerprint density at radius 3 is 2.35 bits per heavy atom. The number of aromatic nitrogens is 4. The van der Waals surface area contributed by atoms with E-state index in [0.717, 1.165) is 46.4 Å². The number of rotatable bonds is 5. The predicted octanol–water partition coefficient (Wildman–Crippen LogP) is 6.04. The van der Waals surface area contributed by atoms with Gasteiger partial charge in [0.15, 0.2) is 5.25 Å². The van der Waals surface area contributed by atoms with Crippen molar-refractivity contribution >= 4 is 33.3 Å². The second kappa shape index (κ2) is 10.8. The fraction of sp³-hybridized carbons (Fsp3) is 0.419. The summed E-state index contributed by atoms with van der Waals surface area (Å²) in [4.78, 5) is 15.1. The topological polar surface area (TPSA) is 48.0 Å². The van der Waals surface area contributed by atoms with E-state index in [2.05, 4.69) is 48.9 Å². The Morgan fingerprint density at radius 2 is 1.73 bits per heavy atom. The SMILES string of the molecule is CC(C)[S+](C#Cc1cc(N2CCCc3cc(-c4cnn(C)c4)c(C(F)F)cc32)cc2c1n(C)c(=O)n2C)C(C)C. The number of alkyl halides is 2. The van der Waals surface area contributed by atoms with Crippen LogP contribution in [0.25, 0.3) is 22.2 Å². The molecule has 9 heteroatoms. The van der Waals surface area contributed by atoms with Crippen LogP contribution in [0.1, 0.15) is 57.2 Å². The Kier molecular flexibility index (Phi) is 7.58. The van der Waals surface area contributed by atoms with Crippen LogP contribution in [0.2, 0.25) is 0 Å². The van der Waals surface area contributed by atoms with Crippen molar-refractivity contribution in [1.82, 2.24) is 18.9 Å². The van der Waals surface area contributed by atoms with Crippen molar-refractivity contribution in [3.63, 3.8) is 0 Å². The monoisotopic (exact) mass is 564 g/mol. The maximum absolute atomic E-state index is 14.4. The van der Waals surface area contributed by atoms with E-state index in [9.17, 15) is 13.6 Å². The van der Waals surface area contributed by atoms with E-state index in [1.54, 1.807) is 53.4 Å². The van der Waals surface area contributed by atoms with Gasteiger partial charge in [0.1, 0.15) is 10.5 Å². The van der Waals surface area contributed by atoms with Crippen molar-refractivity contribution in [2.24, 2.45) is 21.1 Å². The number of nitrogens with zero attached hydrogens (tertiary/aromatic N) is 5. The van der Waals surface area contributed by atoms with Crippen molar-refractivity contribution in [3.05, 3.63) is 63.8 Å². The van der Waals surface area contributed by atoms with Gasteiger partial charge in [0.05, 0.1) is 33.7 Å². The number of halogens is 2. The molecule has 1 aliphatic rings. The molecule has 0 unspecified atom stereocenters. The maximum Gasteiger partial charge on any atom is 0.328 e. The van der Waals surface area contributed by atoms with Crippen molar-refractivity contribution in [2.75, 3.05) is 11.4 Å². The Balaban J connectivity index is 1.70. The van der Waals surface area contributed by atoms with Gasteiger partial charge < -0.3 is 4.90 Å². The van der Waals surface area contributed by atoms with Crippen molar-refractivity contribution < 1.29 is 8.78 Å². The second-order valence-electron chi connectivity index (χ2n) is 11.0. The number of benzene rings is 2. The number of fused-ring (bicyclic) bond motifs is 2. The molecule has 0 aliphatic carbocycles. The summed E-state index contributed by atoms with van der Waals surface area (Å²) < 4.78 is 33.7. The molecule has 1 aliphatic heterocycles. The van der Waals surface area contributed by atoms with Crippen LogP contribution in [0.4, 0.5) is 20.2 Å². The molecule has 5 rings (SSSR count).